The van der Waals surface area contributed by atoms with Crippen molar-refractivity contribution < 1.29 is 0 Å². The van der Waals surface area contributed by atoms with Gasteiger partial charge < -0.3 is 9.47 Å². The van der Waals surface area contributed by atoms with Gasteiger partial charge in [-0.1, -0.05) is 146 Å². The van der Waals surface area contributed by atoms with Gasteiger partial charge in [0.1, 0.15) is 0 Å². The van der Waals surface area contributed by atoms with Crippen molar-refractivity contribution in [3.63, 3.8) is 0 Å². The van der Waals surface area contributed by atoms with E-state index in [-0.39, 0.29) is 0 Å². The second-order valence-corrected chi connectivity index (χ2v) is 14.6. The molecule has 0 aliphatic carbocycles. The van der Waals surface area contributed by atoms with Crippen LogP contribution in [0, 0.1) is 0 Å². The zero-order valence-corrected chi connectivity index (χ0v) is 30.7. The van der Waals surface area contributed by atoms with Gasteiger partial charge in [0.05, 0.1) is 11.0 Å². The van der Waals surface area contributed by atoms with E-state index in [0.29, 0.717) is 0 Å². The standard InChI is InChI=1S/C54H36N2/c1-3-17-44(18-4-1)55(46-30-27-37(28-31-46)41-29-32-49-43(33-41)26-25-38-13-9-10-22-48(38)49)47-21-11-16-42(34-47)50-23-12-24-52-54(50)51-35-39-14-7-8-15-40(39)36-53(51)56(52)45-19-5-2-6-20-45/h1-36H. The summed E-state index contributed by atoms with van der Waals surface area (Å²) < 4.78 is 2.42. The third-order valence-electron chi connectivity index (χ3n) is 11.3. The molecule has 0 N–H and O–H groups in total. The fourth-order valence-electron chi connectivity index (χ4n) is 8.68. The third-order valence-corrected chi connectivity index (χ3v) is 11.3. The Hall–Kier alpha value is -7.42. The highest BCUT2D eigenvalue weighted by Gasteiger charge is 2.19. The molecule has 262 valence electrons. The van der Waals surface area contributed by atoms with Gasteiger partial charge in [0.25, 0.3) is 0 Å². The largest absolute Gasteiger partial charge is 0.310 e. The van der Waals surface area contributed by atoms with Gasteiger partial charge in [-0.05, 0) is 127 Å². The number of hydrogen-bond acceptors (Lipinski definition) is 1. The van der Waals surface area contributed by atoms with Crippen LogP contribution in [0.3, 0.4) is 0 Å². The Balaban J connectivity index is 1.04. The third kappa shape index (κ3) is 5.34. The van der Waals surface area contributed by atoms with Crippen LogP contribution in [-0.2, 0) is 0 Å². The van der Waals surface area contributed by atoms with Gasteiger partial charge in [-0.25, -0.2) is 0 Å². The summed E-state index contributed by atoms with van der Waals surface area (Å²) in [5.74, 6) is 0. The molecule has 1 aromatic heterocycles. The van der Waals surface area contributed by atoms with Gasteiger partial charge in [0, 0.05) is 33.5 Å². The minimum Gasteiger partial charge on any atom is -0.310 e. The molecule has 11 rings (SSSR count). The van der Waals surface area contributed by atoms with Crippen LogP contribution in [-0.4, -0.2) is 4.57 Å². The first-order valence-electron chi connectivity index (χ1n) is 19.3. The Morgan fingerprint density at radius 3 is 1.75 bits per heavy atom. The highest BCUT2D eigenvalue weighted by Crippen LogP contribution is 2.43. The summed E-state index contributed by atoms with van der Waals surface area (Å²) in [5.41, 5.74) is 11.7. The van der Waals surface area contributed by atoms with E-state index in [4.69, 9.17) is 0 Å². The average molecular weight is 713 g/mol. The van der Waals surface area contributed by atoms with Gasteiger partial charge in [-0.3, -0.25) is 0 Å². The first kappa shape index (κ1) is 32.0. The van der Waals surface area contributed by atoms with Crippen molar-refractivity contribution in [2.45, 2.75) is 0 Å². The first-order valence-corrected chi connectivity index (χ1v) is 19.3. The molecule has 0 saturated carbocycles. The van der Waals surface area contributed by atoms with Crippen LogP contribution in [0.4, 0.5) is 17.1 Å². The summed E-state index contributed by atoms with van der Waals surface area (Å²) in [6.07, 6.45) is 0. The molecule has 0 radical (unpaired) electrons. The fraction of sp³-hybridized carbons (Fsp3) is 0. The van der Waals surface area contributed by atoms with Crippen LogP contribution in [0.5, 0.6) is 0 Å². The predicted octanol–water partition coefficient (Wildman–Crippen LogP) is 15.0. The van der Waals surface area contributed by atoms with Crippen molar-refractivity contribution in [2.24, 2.45) is 0 Å². The van der Waals surface area contributed by atoms with Crippen LogP contribution >= 0.6 is 0 Å². The number of anilines is 3. The zero-order chi connectivity index (χ0) is 37.0. The number of aromatic nitrogens is 1. The number of fused-ring (bicyclic) bond motifs is 7. The summed E-state index contributed by atoms with van der Waals surface area (Å²) in [4.78, 5) is 2.36. The minimum absolute atomic E-state index is 1.10. The predicted molar refractivity (Wildman–Crippen MR) is 239 cm³/mol. The van der Waals surface area contributed by atoms with Crippen molar-refractivity contribution in [1.29, 1.82) is 0 Å². The Bertz CT molecular complexity index is 3230. The van der Waals surface area contributed by atoms with Gasteiger partial charge in [0.15, 0.2) is 0 Å². The van der Waals surface area contributed by atoms with E-state index >= 15 is 0 Å². The molecule has 0 unspecified atom stereocenters. The normalized spacial score (nSPS) is 11.6. The summed E-state index contributed by atoms with van der Waals surface area (Å²) in [6.45, 7) is 0. The molecule has 1 heterocycles. The summed E-state index contributed by atoms with van der Waals surface area (Å²) >= 11 is 0. The maximum Gasteiger partial charge on any atom is 0.0547 e. The molecule has 0 fully saturated rings. The number of para-hydroxylation sites is 2. The van der Waals surface area contributed by atoms with E-state index in [9.17, 15) is 0 Å². The number of rotatable bonds is 6. The Labute approximate surface area is 325 Å². The maximum absolute atomic E-state index is 2.42. The topological polar surface area (TPSA) is 8.17 Å². The Morgan fingerprint density at radius 2 is 0.929 bits per heavy atom. The molecule has 0 saturated heterocycles. The van der Waals surface area contributed by atoms with E-state index in [0.717, 1.165) is 22.7 Å². The highest BCUT2D eigenvalue weighted by atomic mass is 15.1. The van der Waals surface area contributed by atoms with Gasteiger partial charge >= 0.3 is 0 Å². The molecule has 2 heteroatoms. The summed E-state index contributed by atoms with van der Waals surface area (Å²) in [5, 5.41) is 10.1. The molecule has 0 aliphatic rings. The number of nitrogens with zero attached hydrogens (tertiary/aromatic N) is 2. The fourth-order valence-corrected chi connectivity index (χ4v) is 8.68. The lowest BCUT2D eigenvalue weighted by Crippen LogP contribution is -2.09. The van der Waals surface area contributed by atoms with Gasteiger partial charge in [0.2, 0.25) is 0 Å². The molecular formula is C54H36N2. The van der Waals surface area contributed by atoms with Crippen LogP contribution in [0.2, 0.25) is 0 Å². The lowest BCUT2D eigenvalue weighted by Gasteiger charge is -2.26. The molecule has 0 atom stereocenters. The van der Waals surface area contributed by atoms with Crippen molar-refractivity contribution in [3.05, 3.63) is 218 Å². The first-order chi connectivity index (χ1) is 27.8. The van der Waals surface area contributed by atoms with E-state index in [1.165, 1.54) is 76.4 Å². The molecule has 0 aliphatic heterocycles. The van der Waals surface area contributed by atoms with Gasteiger partial charge in [-0.2, -0.15) is 0 Å². The maximum atomic E-state index is 2.42. The smallest absolute Gasteiger partial charge is 0.0547 e. The van der Waals surface area contributed by atoms with E-state index in [2.05, 4.69) is 228 Å². The summed E-state index contributed by atoms with van der Waals surface area (Å²) in [6, 6.07) is 79.5. The van der Waals surface area contributed by atoms with Crippen molar-refractivity contribution in [3.8, 4) is 27.9 Å². The van der Waals surface area contributed by atoms with E-state index < -0.39 is 0 Å². The van der Waals surface area contributed by atoms with Crippen LogP contribution in [0.1, 0.15) is 0 Å². The van der Waals surface area contributed by atoms with Crippen LogP contribution in [0.25, 0.3) is 82.1 Å². The van der Waals surface area contributed by atoms with Crippen molar-refractivity contribution in [1.82, 2.24) is 4.57 Å². The zero-order valence-electron chi connectivity index (χ0n) is 30.7. The second-order valence-electron chi connectivity index (χ2n) is 14.6. The highest BCUT2D eigenvalue weighted by molar-refractivity contribution is 6.19. The SMILES string of the molecule is c1ccc(N(c2ccc(-c3ccc4c(ccc5ccccc54)c3)cc2)c2cccc(-c3cccc4c3c3cc5ccccc5cc3n4-c3ccccc3)c2)cc1. The second kappa shape index (κ2) is 13.2. The Kier molecular flexibility index (Phi) is 7.53. The number of benzene rings is 10. The van der Waals surface area contributed by atoms with Gasteiger partial charge in [-0.15, -0.1) is 0 Å². The van der Waals surface area contributed by atoms with E-state index in [1.807, 2.05) is 0 Å². The van der Waals surface area contributed by atoms with Crippen LogP contribution < -0.4 is 4.90 Å². The molecule has 2 nitrogen and oxygen atoms in total. The van der Waals surface area contributed by atoms with Crippen molar-refractivity contribution in [2.75, 3.05) is 4.90 Å². The summed E-state index contributed by atoms with van der Waals surface area (Å²) in [7, 11) is 0. The van der Waals surface area contributed by atoms with Crippen molar-refractivity contribution >= 4 is 71.2 Å². The molecule has 0 spiro atoms. The van der Waals surface area contributed by atoms with E-state index in [1.54, 1.807) is 0 Å². The molecule has 0 amide bonds. The molecule has 11 aromatic rings. The monoisotopic (exact) mass is 712 g/mol. The molecule has 0 bridgehead atoms. The lowest BCUT2D eigenvalue weighted by atomic mass is 9.97. The number of hydrogen-bond donors (Lipinski definition) is 0. The average Bonchev–Trinajstić information content (AvgIpc) is 3.59. The molecule has 56 heavy (non-hydrogen) atoms. The minimum atomic E-state index is 1.10. The lowest BCUT2D eigenvalue weighted by molar-refractivity contribution is 1.18. The molecular weight excluding hydrogens is 677 g/mol. The molecule has 10 aromatic carbocycles. The quantitative estimate of drug-likeness (QED) is 0.156. The van der Waals surface area contributed by atoms with Crippen LogP contribution in [0.15, 0.2) is 218 Å². The Morgan fingerprint density at radius 1 is 0.304 bits per heavy atom.